The van der Waals surface area contributed by atoms with Crippen molar-refractivity contribution in [2.45, 2.75) is 24.4 Å². The number of carbonyl (C=O) groups is 2. The molecule has 2 heterocycles. The normalized spacial score (nSPS) is 20.5. The van der Waals surface area contributed by atoms with Gasteiger partial charge in [-0.1, -0.05) is 18.2 Å². The van der Waals surface area contributed by atoms with Crippen LogP contribution in [0.5, 0.6) is 0 Å². The van der Waals surface area contributed by atoms with Crippen LogP contribution in [0.25, 0.3) is 0 Å². The maximum atomic E-state index is 12.9. The van der Waals surface area contributed by atoms with Crippen LogP contribution in [0.15, 0.2) is 24.3 Å². The summed E-state index contributed by atoms with van der Waals surface area (Å²) >= 11 is 0. The van der Waals surface area contributed by atoms with E-state index in [2.05, 4.69) is 0 Å². The molecule has 0 aromatic heterocycles. The molecule has 2 aliphatic rings. The number of hydrogen-bond donors (Lipinski definition) is 1. The second kappa shape index (κ2) is 5.77. The highest BCUT2D eigenvalue weighted by atomic mass is 19.4. The van der Waals surface area contributed by atoms with Crippen molar-refractivity contribution in [2.75, 3.05) is 31.1 Å². The smallest absolute Gasteiger partial charge is 0.401 e. The van der Waals surface area contributed by atoms with E-state index in [0.29, 0.717) is 5.69 Å². The van der Waals surface area contributed by atoms with Crippen LogP contribution in [-0.2, 0) is 15.0 Å². The second-order valence-electron chi connectivity index (χ2n) is 6.28. The number of piperidine rings is 1. The molecule has 0 aliphatic carbocycles. The molecule has 0 radical (unpaired) electrons. The topological polar surface area (TPSA) is 60.9 Å². The van der Waals surface area contributed by atoms with Crippen molar-refractivity contribution in [3.05, 3.63) is 29.8 Å². The Balaban J connectivity index is 1.86. The van der Waals surface area contributed by atoms with E-state index in [4.69, 9.17) is 5.11 Å². The van der Waals surface area contributed by atoms with Gasteiger partial charge < -0.3 is 10.0 Å². The van der Waals surface area contributed by atoms with Gasteiger partial charge in [0.2, 0.25) is 5.91 Å². The summed E-state index contributed by atoms with van der Waals surface area (Å²) in [6.45, 7) is -1.12. The third-order valence-corrected chi connectivity index (χ3v) is 4.77. The largest absolute Gasteiger partial charge is 0.480 e. The fraction of sp³-hybridized carbons (Fsp3) is 0.500. The van der Waals surface area contributed by atoms with E-state index in [-0.39, 0.29) is 31.8 Å². The lowest BCUT2D eigenvalue weighted by Gasteiger charge is -2.38. The number of aliphatic carboxylic acids is 1. The van der Waals surface area contributed by atoms with Crippen molar-refractivity contribution in [3.63, 3.8) is 0 Å². The molecule has 0 atom stereocenters. The summed E-state index contributed by atoms with van der Waals surface area (Å²) in [5, 5.41) is 9.05. The fourth-order valence-corrected chi connectivity index (χ4v) is 3.72. The third-order valence-electron chi connectivity index (χ3n) is 4.77. The Labute approximate surface area is 136 Å². The predicted molar refractivity (Wildman–Crippen MR) is 79.8 cm³/mol. The maximum Gasteiger partial charge on any atom is 0.401 e. The number of nitrogens with zero attached hydrogens (tertiary/aromatic N) is 2. The number of likely N-dealkylation sites (tertiary alicyclic amines) is 1. The predicted octanol–water partition coefficient (Wildman–Crippen LogP) is 2.01. The Bertz CT molecular complexity index is 667. The molecule has 1 aromatic rings. The molecule has 1 amide bonds. The number of anilines is 1. The number of benzene rings is 1. The van der Waals surface area contributed by atoms with Gasteiger partial charge >= 0.3 is 12.1 Å². The highest BCUT2D eigenvalue weighted by Crippen LogP contribution is 2.47. The van der Waals surface area contributed by atoms with Crippen molar-refractivity contribution in [1.82, 2.24) is 4.90 Å². The van der Waals surface area contributed by atoms with E-state index in [9.17, 15) is 22.8 Å². The van der Waals surface area contributed by atoms with Crippen LogP contribution in [0.1, 0.15) is 18.4 Å². The van der Waals surface area contributed by atoms with Crippen LogP contribution >= 0.6 is 0 Å². The molecular formula is C16H17F3N2O3. The summed E-state index contributed by atoms with van der Waals surface area (Å²) in [6.07, 6.45) is -3.75. The molecule has 130 valence electrons. The second-order valence-corrected chi connectivity index (χ2v) is 6.28. The van der Waals surface area contributed by atoms with E-state index >= 15 is 0 Å². The van der Waals surface area contributed by atoms with Crippen LogP contribution in [0.3, 0.4) is 0 Å². The van der Waals surface area contributed by atoms with Crippen LogP contribution in [0.4, 0.5) is 18.9 Å². The van der Waals surface area contributed by atoms with Crippen molar-refractivity contribution >= 4 is 17.6 Å². The van der Waals surface area contributed by atoms with Crippen LogP contribution < -0.4 is 4.90 Å². The van der Waals surface area contributed by atoms with Gasteiger partial charge in [0.25, 0.3) is 0 Å². The minimum absolute atomic E-state index is 0.153. The number of amides is 1. The van der Waals surface area contributed by atoms with Gasteiger partial charge in [-0.25, -0.2) is 0 Å². The first-order valence-corrected chi connectivity index (χ1v) is 7.65. The lowest BCUT2D eigenvalue weighted by atomic mass is 9.73. The third kappa shape index (κ3) is 2.86. The van der Waals surface area contributed by atoms with Gasteiger partial charge in [0.05, 0.1) is 12.0 Å². The molecule has 1 saturated heterocycles. The molecule has 3 rings (SSSR count). The fourth-order valence-electron chi connectivity index (χ4n) is 3.72. The first-order chi connectivity index (χ1) is 11.2. The summed E-state index contributed by atoms with van der Waals surface area (Å²) in [5.74, 6) is -1.44. The van der Waals surface area contributed by atoms with E-state index < -0.39 is 30.7 Å². The summed E-state index contributed by atoms with van der Waals surface area (Å²) < 4.78 is 37.6. The Morgan fingerprint density at radius 2 is 1.83 bits per heavy atom. The number of halogens is 3. The number of alkyl halides is 3. The summed E-state index contributed by atoms with van der Waals surface area (Å²) in [7, 11) is 0. The number of carbonyl (C=O) groups excluding carboxylic acids is 1. The van der Waals surface area contributed by atoms with E-state index in [1.165, 1.54) is 9.80 Å². The van der Waals surface area contributed by atoms with Gasteiger partial charge in [0.15, 0.2) is 0 Å². The molecule has 8 heteroatoms. The number of rotatable bonds is 3. The van der Waals surface area contributed by atoms with E-state index in [1.807, 2.05) is 0 Å². The lowest BCUT2D eigenvalue weighted by molar-refractivity contribution is -0.150. The van der Waals surface area contributed by atoms with Crippen molar-refractivity contribution in [3.8, 4) is 0 Å². The van der Waals surface area contributed by atoms with Crippen molar-refractivity contribution in [1.29, 1.82) is 0 Å². The molecule has 1 aromatic carbocycles. The standard InChI is InChI=1S/C16H17F3N2O3/c17-16(18,19)10-20-7-5-15(6-8-20)11-3-1-2-4-12(11)21(14(15)24)9-13(22)23/h1-4H,5-10H2,(H,22,23). The zero-order chi connectivity index (χ0) is 17.5. The van der Waals surface area contributed by atoms with Gasteiger partial charge in [-0.3, -0.25) is 14.5 Å². The minimum Gasteiger partial charge on any atom is -0.480 e. The average Bonchev–Trinajstić information content (AvgIpc) is 2.71. The van der Waals surface area contributed by atoms with Crippen molar-refractivity contribution < 1.29 is 27.9 Å². The first-order valence-electron chi connectivity index (χ1n) is 7.65. The zero-order valence-electron chi connectivity index (χ0n) is 12.8. The molecule has 1 N–H and O–H groups in total. The Kier molecular flexibility index (Phi) is 4.03. The SMILES string of the molecule is O=C(O)CN1C(=O)C2(CCN(CC(F)(F)F)CC2)c2ccccc21. The number of para-hydroxylation sites is 1. The molecule has 0 unspecified atom stereocenters. The monoisotopic (exact) mass is 342 g/mol. The Morgan fingerprint density at radius 3 is 2.42 bits per heavy atom. The number of carboxylic acids is 1. The quantitative estimate of drug-likeness (QED) is 0.913. The maximum absolute atomic E-state index is 12.9. The van der Waals surface area contributed by atoms with Gasteiger partial charge in [0.1, 0.15) is 6.54 Å². The molecular weight excluding hydrogens is 325 g/mol. The molecule has 0 saturated carbocycles. The molecule has 1 fully saturated rings. The summed E-state index contributed by atoms with van der Waals surface area (Å²) in [5.41, 5.74) is 0.366. The molecule has 0 bridgehead atoms. The van der Waals surface area contributed by atoms with Crippen LogP contribution in [-0.4, -0.2) is 54.2 Å². The number of hydrogen-bond acceptors (Lipinski definition) is 3. The highest BCUT2D eigenvalue weighted by molar-refractivity contribution is 6.10. The van der Waals surface area contributed by atoms with E-state index in [0.717, 1.165) is 5.56 Å². The number of carboxylic acid groups (broad SMARTS) is 1. The van der Waals surface area contributed by atoms with Gasteiger partial charge in [-0.05, 0) is 37.6 Å². The first kappa shape index (κ1) is 16.8. The number of fused-ring (bicyclic) bond motifs is 2. The molecule has 2 aliphatic heterocycles. The zero-order valence-corrected chi connectivity index (χ0v) is 12.8. The summed E-state index contributed by atoms with van der Waals surface area (Å²) in [4.78, 5) is 26.5. The molecule has 5 nitrogen and oxygen atoms in total. The van der Waals surface area contributed by atoms with Crippen LogP contribution in [0.2, 0.25) is 0 Å². The van der Waals surface area contributed by atoms with Crippen molar-refractivity contribution in [2.24, 2.45) is 0 Å². The average molecular weight is 342 g/mol. The lowest BCUT2D eigenvalue weighted by Crippen LogP contribution is -2.51. The molecule has 1 spiro atoms. The molecule has 24 heavy (non-hydrogen) atoms. The highest BCUT2D eigenvalue weighted by Gasteiger charge is 2.52. The van der Waals surface area contributed by atoms with Gasteiger partial charge in [-0.2, -0.15) is 13.2 Å². The van der Waals surface area contributed by atoms with Crippen LogP contribution in [0, 0.1) is 0 Å². The Morgan fingerprint density at radius 1 is 1.21 bits per heavy atom. The summed E-state index contributed by atoms with van der Waals surface area (Å²) in [6, 6.07) is 6.94. The van der Waals surface area contributed by atoms with E-state index in [1.54, 1.807) is 24.3 Å². The minimum atomic E-state index is -4.27. The van der Waals surface area contributed by atoms with Gasteiger partial charge in [-0.15, -0.1) is 0 Å². The Hall–Kier alpha value is -2.09. The van der Waals surface area contributed by atoms with Gasteiger partial charge in [0, 0.05) is 5.69 Å².